The van der Waals surface area contributed by atoms with E-state index in [2.05, 4.69) is 4.90 Å². The second kappa shape index (κ2) is 3.92. The van der Waals surface area contributed by atoms with Gasteiger partial charge in [-0.05, 0) is 19.3 Å². The van der Waals surface area contributed by atoms with Crippen LogP contribution < -0.4 is 5.73 Å². The number of rotatable bonds is 2. The summed E-state index contributed by atoms with van der Waals surface area (Å²) in [6.07, 6.45) is 2.54. The van der Waals surface area contributed by atoms with E-state index in [0.717, 1.165) is 39.0 Å². The molecule has 13 heavy (non-hydrogen) atoms. The Labute approximate surface area is 78.7 Å². The van der Waals surface area contributed by atoms with Crippen molar-refractivity contribution in [1.82, 2.24) is 4.90 Å². The predicted molar refractivity (Wildman–Crippen MR) is 49.1 cm³/mol. The summed E-state index contributed by atoms with van der Waals surface area (Å²) < 4.78 is 5.29. The fraction of sp³-hybridized carbons (Fsp3) is 1.00. The summed E-state index contributed by atoms with van der Waals surface area (Å²) in [6, 6.07) is 0.786. The van der Waals surface area contributed by atoms with Gasteiger partial charge in [-0.25, -0.2) is 0 Å². The Morgan fingerprint density at radius 2 is 2.00 bits per heavy atom. The lowest BCUT2D eigenvalue weighted by Gasteiger charge is -2.48. The largest absolute Gasteiger partial charge is 0.381 e. The van der Waals surface area contributed by atoms with E-state index in [1.165, 1.54) is 0 Å². The molecule has 0 aromatic heterocycles. The fourth-order valence-corrected chi connectivity index (χ4v) is 2.26. The highest BCUT2D eigenvalue weighted by Gasteiger charge is 2.37. The van der Waals surface area contributed by atoms with Crippen LogP contribution in [0.25, 0.3) is 0 Å². The minimum atomic E-state index is -0.670. The molecule has 0 amide bonds. The zero-order valence-corrected chi connectivity index (χ0v) is 7.85. The Morgan fingerprint density at radius 1 is 1.31 bits per heavy atom. The highest BCUT2D eigenvalue weighted by atomic mass is 16.5. The third-order valence-electron chi connectivity index (χ3n) is 3.16. The molecule has 0 radical (unpaired) electrons. The number of nitrogens with zero attached hydrogens (tertiary/aromatic N) is 1. The molecule has 0 saturated carbocycles. The van der Waals surface area contributed by atoms with E-state index in [-0.39, 0.29) is 6.04 Å². The van der Waals surface area contributed by atoms with E-state index < -0.39 is 6.23 Å². The van der Waals surface area contributed by atoms with Crippen LogP contribution in [0.5, 0.6) is 0 Å². The second-order valence-corrected chi connectivity index (χ2v) is 3.93. The van der Waals surface area contributed by atoms with Gasteiger partial charge in [0.15, 0.2) is 0 Å². The van der Waals surface area contributed by atoms with Crippen molar-refractivity contribution in [2.45, 2.75) is 37.6 Å². The molecule has 0 aromatic rings. The Hall–Kier alpha value is -0.160. The number of aliphatic hydroxyl groups excluding tert-OH is 1. The number of nitrogens with two attached hydrogens (primary N) is 1. The van der Waals surface area contributed by atoms with Crippen LogP contribution in [0.3, 0.4) is 0 Å². The smallest absolute Gasteiger partial charge is 0.118 e. The maximum Gasteiger partial charge on any atom is 0.118 e. The van der Waals surface area contributed by atoms with Crippen molar-refractivity contribution in [1.29, 1.82) is 0 Å². The lowest BCUT2D eigenvalue weighted by molar-refractivity contribution is -0.0677. The first-order chi connectivity index (χ1) is 6.29. The first kappa shape index (κ1) is 9.40. The monoisotopic (exact) mass is 186 g/mol. The lowest BCUT2D eigenvalue weighted by atomic mass is 9.95. The van der Waals surface area contributed by atoms with Crippen molar-refractivity contribution >= 4 is 0 Å². The van der Waals surface area contributed by atoms with Crippen LogP contribution in [0.15, 0.2) is 0 Å². The zero-order chi connectivity index (χ0) is 9.26. The molecule has 0 spiro atoms. The third kappa shape index (κ3) is 1.86. The van der Waals surface area contributed by atoms with E-state index in [9.17, 15) is 5.11 Å². The van der Waals surface area contributed by atoms with E-state index in [1.807, 2.05) is 0 Å². The normalized spacial score (nSPS) is 34.2. The van der Waals surface area contributed by atoms with E-state index >= 15 is 0 Å². The summed E-state index contributed by atoms with van der Waals surface area (Å²) in [5, 5.41) is 9.28. The van der Waals surface area contributed by atoms with Gasteiger partial charge < -0.3 is 15.6 Å². The van der Waals surface area contributed by atoms with Gasteiger partial charge in [0.2, 0.25) is 0 Å². The number of hydrogen-bond donors (Lipinski definition) is 2. The molecule has 2 aliphatic heterocycles. The fourth-order valence-electron chi connectivity index (χ4n) is 2.26. The molecule has 0 aliphatic carbocycles. The van der Waals surface area contributed by atoms with Gasteiger partial charge in [-0.1, -0.05) is 0 Å². The van der Waals surface area contributed by atoms with E-state index in [0.29, 0.717) is 6.04 Å². The molecule has 0 bridgehead atoms. The molecule has 76 valence electrons. The zero-order valence-electron chi connectivity index (χ0n) is 7.85. The average Bonchev–Trinajstić information content (AvgIpc) is 2.02. The summed E-state index contributed by atoms with van der Waals surface area (Å²) in [7, 11) is 0. The number of hydrogen-bond acceptors (Lipinski definition) is 4. The van der Waals surface area contributed by atoms with Gasteiger partial charge in [0, 0.05) is 25.8 Å². The molecule has 3 N–H and O–H groups in total. The van der Waals surface area contributed by atoms with Crippen LogP contribution in [0.2, 0.25) is 0 Å². The molecule has 2 aliphatic rings. The summed E-state index contributed by atoms with van der Waals surface area (Å²) in [5.41, 5.74) is 5.48. The van der Waals surface area contributed by atoms with Gasteiger partial charge in [-0.3, -0.25) is 4.90 Å². The number of ether oxygens (including phenoxy) is 1. The van der Waals surface area contributed by atoms with Crippen LogP contribution in [0, 0.1) is 0 Å². The molecule has 4 heteroatoms. The van der Waals surface area contributed by atoms with Crippen molar-refractivity contribution in [3.05, 3.63) is 0 Å². The third-order valence-corrected chi connectivity index (χ3v) is 3.16. The minimum absolute atomic E-state index is 0.197. The van der Waals surface area contributed by atoms with Crippen molar-refractivity contribution in [2.24, 2.45) is 5.73 Å². The molecular formula is C9H18N2O2. The van der Waals surface area contributed by atoms with E-state index in [4.69, 9.17) is 10.5 Å². The SMILES string of the molecule is NC(O)[C@@H]1CCN1C1CCOCC1. The summed E-state index contributed by atoms with van der Waals surface area (Å²) in [4.78, 5) is 2.33. The number of likely N-dealkylation sites (tertiary alicyclic amines) is 1. The molecule has 2 fully saturated rings. The summed E-state index contributed by atoms with van der Waals surface area (Å²) in [6.45, 7) is 2.80. The maximum absolute atomic E-state index is 9.28. The van der Waals surface area contributed by atoms with Crippen molar-refractivity contribution in [2.75, 3.05) is 19.8 Å². The minimum Gasteiger partial charge on any atom is -0.381 e. The molecule has 2 heterocycles. The second-order valence-electron chi connectivity index (χ2n) is 3.93. The first-order valence-electron chi connectivity index (χ1n) is 5.06. The quantitative estimate of drug-likeness (QED) is 0.572. The highest BCUT2D eigenvalue weighted by Crippen LogP contribution is 2.26. The van der Waals surface area contributed by atoms with Gasteiger partial charge in [-0.15, -0.1) is 0 Å². The van der Waals surface area contributed by atoms with Gasteiger partial charge >= 0.3 is 0 Å². The average molecular weight is 186 g/mol. The van der Waals surface area contributed by atoms with Gasteiger partial charge in [0.05, 0.1) is 6.04 Å². The topological polar surface area (TPSA) is 58.7 Å². The predicted octanol–water partition coefficient (Wildman–Crippen LogP) is -0.483. The standard InChI is InChI=1S/C9H18N2O2/c10-9(12)8-1-4-11(8)7-2-5-13-6-3-7/h7-9,12H,1-6,10H2/t8-,9?/m0/s1. The van der Waals surface area contributed by atoms with Crippen LogP contribution in [-0.4, -0.2) is 48.1 Å². The molecule has 1 unspecified atom stereocenters. The Kier molecular flexibility index (Phi) is 2.83. The van der Waals surface area contributed by atoms with Crippen molar-refractivity contribution < 1.29 is 9.84 Å². The summed E-state index contributed by atoms with van der Waals surface area (Å²) in [5.74, 6) is 0. The summed E-state index contributed by atoms with van der Waals surface area (Å²) >= 11 is 0. The maximum atomic E-state index is 9.28. The van der Waals surface area contributed by atoms with Crippen LogP contribution in [-0.2, 0) is 4.74 Å². The van der Waals surface area contributed by atoms with Gasteiger partial charge in [-0.2, -0.15) is 0 Å². The molecular weight excluding hydrogens is 168 g/mol. The lowest BCUT2D eigenvalue weighted by Crippen LogP contribution is -2.61. The molecule has 2 saturated heterocycles. The molecule has 4 nitrogen and oxygen atoms in total. The first-order valence-corrected chi connectivity index (χ1v) is 5.06. The number of aliphatic hydroxyl groups is 1. The molecule has 0 aromatic carbocycles. The molecule has 2 atom stereocenters. The van der Waals surface area contributed by atoms with Crippen molar-refractivity contribution in [3.63, 3.8) is 0 Å². The Bertz CT molecular complexity index is 169. The van der Waals surface area contributed by atoms with Crippen LogP contribution in [0.1, 0.15) is 19.3 Å². The van der Waals surface area contributed by atoms with Crippen molar-refractivity contribution in [3.8, 4) is 0 Å². The van der Waals surface area contributed by atoms with Crippen LogP contribution >= 0.6 is 0 Å². The Morgan fingerprint density at radius 3 is 2.46 bits per heavy atom. The van der Waals surface area contributed by atoms with E-state index in [1.54, 1.807) is 0 Å². The molecule has 2 rings (SSSR count). The van der Waals surface area contributed by atoms with Gasteiger partial charge in [0.1, 0.15) is 6.23 Å². The Balaban J connectivity index is 1.85. The highest BCUT2D eigenvalue weighted by molar-refractivity contribution is 4.91. The van der Waals surface area contributed by atoms with Gasteiger partial charge in [0.25, 0.3) is 0 Å². The van der Waals surface area contributed by atoms with Crippen LogP contribution in [0.4, 0.5) is 0 Å².